The van der Waals surface area contributed by atoms with E-state index in [1.807, 2.05) is 54.6 Å². The zero-order valence-corrected chi connectivity index (χ0v) is 21.8. The lowest BCUT2D eigenvalue weighted by Crippen LogP contribution is -2.26. The van der Waals surface area contributed by atoms with Gasteiger partial charge in [0.15, 0.2) is 11.6 Å². The van der Waals surface area contributed by atoms with Crippen molar-refractivity contribution in [2.24, 2.45) is 5.73 Å². The van der Waals surface area contributed by atoms with Crippen LogP contribution in [0.1, 0.15) is 55.0 Å². The number of ketones is 2. The van der Waals surface area contributed by atoms with Crippen LogP contribution in [0.15, 0.2) is 115 Å². The molecule has 0 bridgehead atoms. The van der Waals surface area contributed by atoms with Gasteiger partial charge >= 0.3 is 0 Å². The molecule has 2 N–H and O–H groups in total. The Kier molecular flexibility index (Phi) is 11.2. The molecule has 0 saturated heterocycles. The van der Waals surface area contributed by atoms with Gasteiger partial charge in [-0.05, 0) is 36.2 Å². The number of carbonyl (C=O) groups is 3. The van der Waals surface area contributed by atoms with Gasteiger partial charge in [-0.25, -0.2) is 0 Å². The van der Waals surface area contributed by atoms with E-state index in [0.29, 0.717) is 23.2 Å². The third kappa shape index (κ3) is 8.95. The summed E-state index contributed by atoms with van der Waals surface area (Å²) in [5.74, 6) is -0.258. The predicted octanol–water partition coefficient (Wildman–Crippen LogP) is 5.99. The Morgan fingerprint density at radius 3 is 1.50 bits per heavy atom. The quantitative estimate of drug-likeness (QED) is 0.268. The highest BCUT2D eigenvalue weighted by molar-refractivity contribution is 6.02. The van der Waals surface area contributed by atoms with Crippen molar-refractivity contribution >= 4 is 17.5 Å². The van der Waals surface area contributed by atoms with Gasteiger partial charge < -0.3 is 10.6 Å². The molecule has 4 aromatic carbocycles. The molecule has 0 aliphatic heterocycles. The molecular formula is C33H34N2O3. The van der Waals surface area contributed by atoms with Crippen molar-refractivity contribution in [2.45, 2.75) is 25.8 Å². The van der Waals surface area contributed by atoms with E-state index in [4.69, 9.17) is 5.73 Å². The van der Waals surface area contributed by atoms with Crippen LogP contribution in [-0.2, 0) is 13.0 Å². The minimum Gasteiger partial charge on any atom is -0.337 e. The van der Waals surface area contributed by atoms with Gasteiger partial charge in [0.05, 0.1) is 0 Å². The molecular weight excluding hydrogens is 472 g/mol. The first-order chi connectivity index (χ1) is 18.5. The zero-order chi connectivity index (χ0) is 27.2. The predicted molar refractivity (Wildman–Crippen MR) is 152 cm³/mol. The van der Waals surface area contributed by atoms with E-state index in [9.17, 15) is 14.4 Å². The molecule has 0 aliphatic carbocycles. The van der Waals surface area contributed by atoms with E-state index in [0.717, 1.165) is 18.5 Å². The molecule has 4 aromatic rings. The highest BCUT2D eigenvalue weighted by atomic mass is 16.2. The number of Topliss-reactive ketones (excluding diaryl/α,β-unsaturated/α-hetero) is 2. The van der Waals surface area contributed by atoms with Gasteiger partial charge in [-0.15, -0.1) is 0 Å². The minimum atomic E-state index is -0.106. The third-order valence-electron chi connectivity index (χ3n) is 6.01. The molecule has 0 aromatic heterocycles. The first kappa shape index (κ1) is 28.2. The monoisotopic (exact) mass is 506 g/mol. The molecule has 0 aliphatic rings. The molecule has 38 heavy (non-hydrogen) atoms. The van der Waals surface area contributed by atoms with Crippen molar-refractivity contribution in [3.63, 3.8) is 0 Å². The molecule has 4 rings (SSSR count). The smallest absolute Gasteiger partial charge is 0.253 e. The number of amides is 1. The number of hydrogen-bond acceptors (Lipinski definition) is 4. The molecule has 0 radical (unpaired) electrons. The highest BCUT2D eigenvalue weighted by Crippen LogP contribution is 2.13. The summed E-state index contributed by atoms with van der Waals surface area (Å²) in [6, 6.07) is 35.6. The van der Waals surface area contributed by atoms with Crippen molar-refractivity contribution in [3.8, 4) is 0 Å². The fourth-order valence-corrected chi connectivity index (χ4v) is 3.90. The Labute approximate surface area is 224 Å². The zero-order valence-electron chi connectivity index (χ0n) is 21.8. The number of benzene rings is 4. The van der Waals surface area contributed by atoms with Gasteiger partial charge in [-0.1, -0.05) is 103 Å². The van der Waals surface area contributed by atoms with Crippen molar-refractivity contribution in [1.29, 1.82) is 0 Å². The molecule has 5 heteroatoms. The van der Waals surface area contributed by atoms with Crippen LogP contribution in [0, 0.1) is 0 Å². The summed E-state index contributed by atoms with van der Waals surface area (Å²) in [7, 11) is 1.75. The largest absolute Gasteiger partial charge is 0.337 e. The summed E-state index contributed by atoms with van der Waals surface area (Å²) in [6.45, 7) is 1.26. The van der Waals surface area contributed by atoms with Crippen LogP contribution >= 0.6 is 0 Å². The van der Waals surface area contributed by atoms with Crippen molar-refractivity contribution in [2.75, 3.05) is 13.6 Å². The Balaban J connectivity index is 0.000000375. The highest BCUT2D eigenvalue weighted by Gasteiger charge is 2.14. The van der Waals surface area contributed by atoms with Crippen LogP contribution in [0.25, 0.3) is 0 Å². The van der Waals surface area contributed by atoms with Gasteiger partial charge in [-0.3, -0.25) is 14.4 Å². The summed E-state index contributed by atoms with van der Waals surface area (Å²) in [6.07, 6.45) is 1.30. The second kappa shape index (κ2) is 15.0. The van der Waals surface area contributed by atoms with Gasteiger partial charge in [0.1, 0.15) is 0 Å². The molecule has 0 spiro atoms. The van der Waals surface area contributed by atoms with Gasteiger partial charge in [0.25, 0.3) is 5.91 Å². The second-order valence-electron chi connectivity index (χ2n) is 8.96. The molecule has 1 amide bonds. The number of rotatable bonds is 10. The van der Waals surface area contributed by atoms with E-state index in [1.165, 1.54) is 5.56 Å². The lowest BCUT2D eigenvalue weighted by molar-refractivity contribution is 0.0784. The molecule has 5 nitrogen and oxygen atoms in total. The first-order valence-corrected chi connectivity index (χ1v) is 12.7. The number of hydrogen-bond donors (Lipinski definition) is 1. The van der Waals surface area contributed by atoms with E-state index in [1.54, 1.807) is 60.5 Å². The second-order valence-corrected chi connectivity index (χ2v) is 8.96. The van der Waals surface area contributed by atoms with E-state index < -0.39 is 0 Å². The van der Waals surface area contributed by atoms with Crippen LogP contribution in [-0.4, -0.2) is 36.0 Å². The van der Waals surface area contributed by atoms with Crippen LogP contribution in [0.2, 0.25) is 0 Å². The van der Waals surface area contributed by atoms with Crippen LogP contribution in [0.3, 0.4) is 0 Å². The summed E-state index contributed by atoms with van der Waals surface area (Å²) >= 11 is 0. The standard InChI is InChI=1S/C25H23NO3.C8H11N/c1-26(18-19-8-4-2-5-9-19)25(29)22-14-12-21(13-15-22)24(28)17-16-23(27)20-10-6-3-7-11-20;9-7-6-8-4-2-1-3-5-8/h2-15H,16-18H2,1H3;1-5H,6-7,9H2. The number of nitrogens with zero attached hydrogens (tertiary/aromatic N) is 1. The first-order valence-electron chi connectivity index (χ1n) is 12.7. The van der Waals surface area contributed by atoms with Gasteiger partial charge in [0, 0.05) is 43.1 Å². The van der Waals surface area contributed by atoms with Crippen LogP contribution in [0.4, 0.5) is 0 Å². The molecule has 194 valence electrons. The van der Waals surface area contributed by atoms with Crippen LogP contribution in [0.5, 0.6) is 0 Å². The Morgan fingerprint density at radius 2 is 1.00 bits per heavy atom. The maximum absolute atomic E-state index is 12.6. The summed E-state index contributed by atoms with van der Waals surface area (Å²) in [4.78, 5) is 38.8. The maximum Gasteiger partial charge on any atom is 0.253 e. The molecule has 0 heterocycles. The maximum atomic E-state index is 12.6. The van der Waals surface area contributed by atoms with E-state index in [-0.39, 0.29) is 30.3 Å². The lowest BCUT2D eigenvalue weighted by atomic mass is 10.0. The summed E-state index contributed by atoms with van der Waals surface area (Å²) in [5, 5.41) is 0. The van der Waals surface area contributed by atoms with Gasteiger partial charge in [-0.2, -0.15) is 0 Å². The summed E-state index contributed by atoms with van der Waals surface area (Å²) < 4.78 is 0. The van der Waals surface area contributed by atoms with Crippen molar-refractivity contribution in [3.05, 3.63) is 143 Å². The average Bonchev–Trinajstić information content (AvgIpc) is 2.97. The third-order valence-corrected chi connectivity index (χ3v) is 6.01. The topological polar surface area (TPSA) is 80.5 Å². The number of carbonyl (C=O) groups excluding carboxylic acids is 3. The normalized spacial score (nSPS) is 10.2. The molecule has 0 atom stereocenters. The SMILES string of the molecule is CN(Cc1ccccc1)C(=O)c1ccc(C(=O)CCC(=O)c2ccccc2)cc1.NCCc1ccccc1. The average molecular weight is 507 g/mol. The van der Waals surface area contributed by atoms with Crippen LogP contribution < -0.4 is 5.73 Å². The van der Waals surface area contributed by atoms with Crippen molar-refractivity contribution in [1.82, 2.24) is 4.90 Å². The lowest BCUT2D eigenvalue weighted by Gasteiger charge is -2.17. The van der Waals surface area contributed by atoms with Gasteiger partial charge in [0.2, 0.25) is 0 Å². The van der Waals surface area contributed by atoms with E-state index in [2.05, 4.69) is 12.1 Å². The summed E-state index contributed by atoms with van der Waals surface area (Å²) in [5.41, 5.74) is 9.38. The van der Waals surface area contributed by atoms with Crippen molar-refractivity contribution < 1.29 is 14.4 Å². The molecule has 0 unspecified atom stereocenters. The molecule has 0 fully saturated rings. The fourth-order valence-electron chi connectivity index (χ4n) is 3.90. The Hall–Kier alpha value is -4.35. The number of nitrogens with two attached hydrogens (primary N) is 1. The fraction of sp³-hybridized carbons (Fsp3) is 0.182. The molecule has 0 saturated carbocycles. The van der Waals surface area contributed by atoms with E-state index >= 15 is 0 Å². The minimum absolute atomic E-state index is 0.0479. The Bertz CT molecular complexity index is 1290. The Morgan fingerprint density at radius 1 is 0.579 bits per heavy atom.